The predicted molar refractivity (Wildman–Crippen MR) is 136 cm³/mol. The molecule has 0 radical (unpaired) electrons. The van der Waals surface area contributed by atoms with Crippen LogP contribution in [0.25, 0.3) is 0 Å². The molecule has 1 atom stereocenters. The van der Waals surface area contributed by atoms with Crippen LogP contribution in [-0.4, -0.2) is 46.4 Å². The van der Waals surface area contributed by atoms with Crippen molar-refractivity contribution >= 4 is 34.8 Å². The zero-order valence-corrected chi connectivity index (χ0v) is 20.1. The van der Waals surface area contributed by atoms with Crippen LogP contribution in [0, 0.1) is 5.82 Å². The zero-order chi connectivity index (χ0) is 24.8. The van der Waals surface area contributed by atoms with E-state index >= 15 is 0 Å². The summed E-state index contributed by atoms with van der Waals surface area (Å²) in [4.78, 5) is 29.6. The first-order valence-corrected chi connectivity index (χ1v) is 11.7. The number of nitrogens with one attached hydrogen (secondary N) is 1. The van der Waals surface area contributed by atoms with Gasteiger partial charge in [-0.3, -0.25) is 14.5 Å². The van der Waals surface area contributed by atoms with Crippen molar-refractivity contribution in [2.45, 2.75) is 25.4 Å². The van der Waals surface area contributed by atoms with E-state index in [9.17, 15) is 14.0 Å². The van der Waals surface area contributed by atoms with Crippen LogP contribution < -0.4 is 10.1 Å². The van der Waals surface area contributed by atoms with Gasteiger partial charge in [-0.15, -0.1) is 0 Å². The van der Waals surface area contributed by atoms with Crippen molar-refractivity contribution in [1.29, 1.82) is 0 Å². The van der Waals surface area contributed by atoms with E-state index in [1.165, 1.54) is 17.0 Å². The van der Waals surface area contributed by atoms with E-state index in [4.69, 9.17) is 17.0 Å². The van der Waals surface area contributed by atoms with Crippen molar-refractivity contribution in [2.24, 2.45) is 0 Å². The SMILES string of the molecule is COc1ccc(NC(=O)C[C@H]2C(=O)N(Cc3ccc(F)cc3)C(=S)N2CCc2ccccc2)cc1. The summed E-state index contributed by atoms with van der Waals surface area (Å²) in [5.41, 5.74) is 2.48. The minimum Gasteiger partial charge on any atom is -0.497 e. The minimum atomic E-state index is -0.718. The molecular formula is C27H26FN3O3S. The molecule has 3 aromatic rings. The third-order valence-corrected chi connectivity index (χ3v) is 6.35. The zero-order valence-electron chi connectivity index (χ0n) is 19.3. The highest BCUT2D eigenvalue weighted by molar-refractivity contribution is 7.80. The van der Waals surface area contributed by atoms with E-state index in [1.807, 2.05) is 35.2 Å². The maximum atomic E-state index is 13.4. The Bertz CT molecular complexity index is 1190. The standard InChI is InChI=1S/C27H26FN3O3S/c1-34-23-13-11-22(12-14-23)29-25(32)17-24-26(33)31(18-20-7-9-21(28)10-8-20)27(35)30(24)16-15-19-5-3-2-4-6-19/h2-14,24H,15-18H2,1H3,(H,29,32)/t24-/m0/s1. The minimum absolute atomic E-state index is 0.0420. The maximum Gasteiger partial charge on any atom is 0.252 e. The second-order valence-corrected chi connectivity index (χ2v) is 8.62. The molecular weight excluding hydrogens is 465 g/mol. The fraction of sp³-hybridized carbons (Fsp3) is 0.222. The summed E-state index contributed by atoms with van der Waals surface area (Å²) in [7, 11) is 1.57. The molecule has 0 aliphatic carbocycles. The van der Waals surface area contributed by atoms with Crippen molar-refractivity contribution in [3.63, 3.8) is 0 Å². The number of halogens is 1. The Labute approximate surface area is 209 Å². The van der Waals surface area contributed by atoms with E-state index < -0.39 is 6.04 Å². The number of rotatable bonds is 9. The summed E-state index contributed by atoms with van der Waals surface area (Å²) in [5, 5.41) is 3.22. The highest BCUT2D eigenvalue weighted by Gasteiger charge is 2.43. The van der Waals surface area contributed by atoms with Gasteiger partial charge in [0.15, 0.2) is 5.11 Å². The van der Waals surface area contributed by atoms with Crippen LogP contribution >= 0.6 is 12.2 Å². The molecule has 1 N–H and O–H groups in total. The van der Waals surface area contributed by atoms with Gasteiger partial charge >= 0.3 is 0 Å². The lowest BCUT2D eigenvalue weighted by Gasteiger charge is -2.24. The first kappa shape index (κ1) is 24.3. The second-order valence-electron chi connectivity index (χ2n) is 8.26. The fourth-order valence-corrected chi connectivity index (χ4v) is 4.39. The summed E-state index contributed by atoms with van der Waals surface area (Å²) in [6.45, 7) is 0.714. The third-order valence-electron chi connectivity index (χ3n) is 5.89. The maximum absolute atomic E-state index is 13.4. The van der Waals surface area contributed by atoms with Crippen LogP contribution in [0.5, 0.6) is 5.75 Å². The number of carbonyl (C=O) groups is 2. The van der Waals surface area contributed by atoms with Gasteiger partial charge in [-0.05, 0) is 66.2 Å². The molecule has 2 amide bonds. The Hall–Kier alpha value is -3.78. The van der Waals surface area contributed by atoms with Gasteiger partial charge in [0.1, 0.15) is 17.6 Å². The van der Waals surface area contributed by atoms with Gasteiger partial charge in [-0.1, -0.05) is 42.5 Å². The first-order valence-electron chi connectivity index (χ1n) is 11.3. The topological polar surface area (TPSA) is 61.9 Å². The Balaban J connectivity index is 1.50. The number of benzene rings is 3. The van der Waals surface area contributed by atoms with Gasteiger partial charge < -0.3 is 15.0 Å². The van der Waals surface area contributed by atoms with Crippen LogP contribution in [0.15, 0.2) is 78.9 Å². The summed E-state index contributed by atoms with van der Waals surface area (Å²) < 4.78 is 18.5. The molecule has 0 unspecified atom stereocenters. The summed E-state index contributed by atoms with van der Waals surface area (Å²) in [5.74, 6) is -0.189. The molecule has 0 spiro atoms. The van der Waals surface area contributed by atoms with Gasteiger partial charge in [0, 0.05) is 12.2 Å². The average molecular weight is 492 g/mol. The van der Waals surface area contributed by atoms with Crippen molar-refractivity contribution in [3.05, 3.63) is 95.8 Å². The van der Waals surface area contributed by atoms with Crippen molar-refractivity contribution in [2.75, 3.05) is 19.0 Å². The molecule has 4 rings (SSSR count). The van der Waals surface area contributed by atoms with Gasteiger partial charge in [0.2, 0.25) is 5.91 Å². The number of carbonyl (C=O) groups excluding carboxylic acids is 2. The molecule has 35 heavy (non-hydrogen) atoms. The number of thiocarbonyl (C=S) groups is 1. The molecule has 1 fully saturated rings. The Morgan fingerprint density at radius 2 is 1.69 bits per heavy atom. The third kappa shape index (κ3) is 6.02. The number of nitrogens with zero attached hydrogens (tertiary/aromatic N) is 2. The number of amides is 2. The molecule has 0 bridgehead atoms. The molecule has 0 aromatic heterocycles. The van der Waals surface area contributed by atoms with Crippen LogP contribution in [0.1, 0.15) is 17.5 Å². The summed E-state index contributed by atoms with van der Waals surface area (Å²) in [6.07, 6.45) is 0.634. The molecule has 1 saturated heterocycles. The smallest absolute Gasteiger partial charge is 0.252 e. The normalized spacial score (nSPS) is 15.4. The molecule has 8 heteroatoms. The number of hydrogen-bond acceptors (Lipinski definition) is 4. The Kier molecular flexibility index (Phi) is 7.72. The highest BCUT2D eigenvalue weighted by Crippen LogP contribution is 2.24. The van der Waals surface area contributed by atoms with Crippen molar-refractivity contribution in [3.8, 4) is 5.75 Å². The van der Waals surface area contributed by atoms with Crippen LogP contribution in [0.3, 0.4) is 0 Å². The van der Waals surface area contributed by atoms with Crippen LogP contribution in [0.4, 0.5) is 10.1 Å². The lowest BCUT2D eigenvalue weighted by atomic mass is 10.1. The Morgan fingerprint density at radius 3 is 2.34 bits per heavy atom. The van der Waals surface area contributed by atoms with E-state index in [0.717, 1.165) is 11.1 Å². The second kappa shape index (κ2) is 11.1. The van der Waals surface area contributed by atoms with Gasteiger partial charge in [0.05, 0.1) is 20.1 Å². The van der Waals surface area contributed by atoms with Gasteiger partial charge in [0.25, 0.3) is 5.91 Å². The van der Waals surface area contributed by atoms with Crippen molar-refractivity contribution < 1.29 is 18.7 Å². The lowest BCUT2D eigenvalue weighted by molar-refractivity contribution is -0.131. The molecule has 1 heterocycles. The highest BCUT2D eigenvalue weighted by atomic mass is 32.1. The number of hydrogen-bond donors (Lipinski definition) is 1. The molecule has 3 aromatic carbocycles. The molecule has 0 saturated carbocycles. The average Bonchev–Trinajstić information content (AvgIpc) is 3.08. The van der Waals surface area contributed by atoms with E-state index in [2.05, 4.69) is 5.32 Å². The van der Waals surface area contributed by atoms with E-state index in [1.54, 1.807) is 43.5 Å². The fourth-order valence-electron chi connectivity index (χ4n) is 4.02. The van der Waals surface area contributed by atoms with Crippen LogP contribution in [-0.2, 0) is 22.6 Å². The molecule has 6 nitrogen and oxygen atoms in total. The molecule has 180 valence electrons. The first-order chi connectivity index (χ1) is 16.9. The Morgan fingerprint density at radius 1 is 1.00 bits per heavy atom. The molecule has 1 aliphatic rings. The number of methoxy groups -OCH3 is 1. The molecule has 1 aliphatic heterocycles. The number of ether oxygens (including phenoxy) is 1. The van der Waals surface area contributed by atoms with E-state index in [-0.39, 0.29) is 30.6 Å². The van der Waals surface area contributed by atoms with E-state index in [0.29, 0.717) is 29.5 Å². The summed E-state index contributed by atoms with van der Waals surface area (Å²) >= 11 is 5.68. The quantitative estimate of drug-likeness (QED) is 0.450. The van der Waals surface area contributed by atoms with Gasteiger partial charge in [-0.2, -0.15) is 0 Å². The number of anilines is 1. The van der Waals surface area contributed by atoms with Crippen molar-refractivity contribution in [1.82, 2.24) is 9.80 Å². The summed E-state index contributed by atoms with van der Waals surface area (Å²) in [6, 6.07) is 22.1. The lowest BCUT2D eigenvalue weighted by Crippen LogP contribution is -2.39. The predicted octanol–water partition coefficient (Wildman–Crippen LogP) is 4.40. The monoisotopic (exact) mass is 491 g/mol. The van der Waals surface area contributed by atoms with Crippen LogP contribution in [0.2, 0.25) is 0 Å². The largest absolute Gasteiger partial charge is 0.497 e. The van der Waals surface area contributed by atoms with Gasteiger partial charge in [-0.25, -0.2) is 4.39 Å².